The Morgan fingerprint density at radius 2 is 1.90 bits per heavy atom. The summed E-state index contributed by atoms with van der Waals surface area (Å²) < 4.78 is 27.8. The molecule has 0 spiro atoms. The fourth-order valence-corrected chi connectivity index (χ4v) is 2.96. The number of aromatic amines is 1. The molecule has 0 aliphatic rings. The second-order valence-electron chi connectivity index (χ2n) is 6.50. The summed E-state index contributed by atoms with van der Waals surface area (Å²) in [6.45, 7) is 3.07. The van der Waals surface area contributed by atoms with Crippen molar-refractivity contribution in [3.05, 3.63) is 69.0 Å². The van der Waals surface area contributed by atoms with Crippen molar-refractivity contribution in [2.24, 2.45) is 5.73 Å². The number of fused-ring (bicyclic) bond motifs is 1. The number of aryl methyl sites for hydroxylation is 1. The van der Waals surface area contributed by atoms with Gasteiger partial charge < -0.3 is 16.0 Å². The van der Waals surface area contributed by atoms with Crippen molar-refractivity contribution < 1.29 is 18.4 Å². The molecule has 0 radical (unpaired) electrons. The number of rotatable bonds is 5. The van der Waals surface area contributed by atoms with Crippen LogP contribution in [-0.2, 0) is 11.2 Å². The quantitative estimate of drug-likeness (QED) is 0.595. The normalized spacial score (nSPS) is 12.0. The van der Waals surface area contributed by atoms with Crippen molar-refractivity contribution >= 4 is 22.7 Å². The minimum Gasteiger partial charge on any atom is -0.366 e. The van der Waals surface area contributed by atoms with E-state index in [2.05, 4.69) is 20.3 Å². The molecule has 2 aromatic heterocycles. The molecule has 10 heteroatoms. The van der Waals surface area contributed by atoms with Crippen molar-refractivity contribution in [2.75, 3.05) is 0 Å². The third-order valence-electron chi connectivity index (χ3n) is 4.50. The molecule has 0 aliphatic carbocycles. The van der Waals surface area contributed by atoms with Crippen LogP contribution in [0.2, 0.25) is 0 Å². The summed E-state index contributed by atoms with van der Waals surface area (Å²) in [4.78, 5) is 46.2. The minimum absolute atomic E-state index is 0.0247. The van der Waals surface area contributed by atoms with E-state index in [1.54, 1.807) is 6.92 Å². The van der Waals surface area contributed by atoms with Crippen LogP contribution >= 0.6 is 0 Å². The van der Waals surface area contributed by atoms with Crippen molar-refractivity contribution in [3.8, 4) is 0 Å². The van der Waals surface area contributed by atoms with Crippen LogP contribution in [0.1, 0.15) is 40.3 Å². The summed E-state index contributed by atoms with van der Waals surface area (Å²) in [5.41, 5.74) is 5.04. The molecule has 2 heterocycles. The number of hydrogen-bond donors (Lipinski definition) is 3. The van der Waals surface area contributed by atoms with E-state index in [0.717, 1.165) is 6.07 Å². The molecule has 29 heavy (non-hydrogen) atoms. The Hall–Kier alpha value is -3.69. The first-order valence-corrected chi connectivity index (χ1v) is 8.59. The van der Waals surface area contributed by atoms with Crippen molar-refractivity contribution in [1.29, 1.82) is 0 Å². The minimum atomic E-state index is -1.09. The predicted octanol–water partition coefficient (Wildman–Crippen LogP) is 1.42. The lowest BCUT2D eigenvalue weighted by atomic mass is 10.0. The first-order valence-electron chi connectivity index (χ1n) is 8.59. The zero-order valence-electron chi connectivity index (χ0n) is 15.5. The van der Waals surface area contributed by atoms with E-state index in [9.17, 15) is 23.2 Å². The lowest BCUT2D eigenvalue weighted by Crippen LogP contribution is -2.31. The van der Waals surface area contributed by atoms with Crippen LogP contribution in [0.25, 0.3) is 10.9 Å². The number of carbonyl (C=O) groups excluding carboxylic acids is 2. The highest BCUT2D eigenvalue weighted by Crippen LogP contribution is 2.23. The van der Waals surface area contributed by atoms with E-state index in [-0.39, 0.29) is 39.8 Å². The molecule has 0 bridgehead atoms. The van der Waals surface area contributed by atoms with E-state index < -0.39 is 35.0 Å². The highest BCUT2D eigenvalue weighted by molar-refractivity contribution is 5.92. The van der Waals surface area contributed by atoms with Gasteiger partial charge in [-0.05, 0) is 31.5 Å². The van der Waals surface area contributed by atoms with Gasteiger partial charge in [-0.15, -0.1) is 0 Å². The van der Waals surface area contributed by atoms with E-state index in [4.69, 9.17) is 5.73 Å². The molecule has 3 rings (SSSR count). The molecule has 8 nitrogen and oxygen atoms in total. The largest absolute Gasteiger partial charge is 0.366 e. The SMILES string of the molecule is Cc1c(CC(=O)N[C@H](C)c2ncc(C(N)=O)cn2)c(=O)[nH]c2ccc(F)c(F)c12. The maximum atomic E-state index is 14.2. The van der Waals surface area contributed by atoms with Crippen LogP contribution in [0.3, 0.4) is 0 Å². The number of halogens is 2. The maximum Gasteiger partial charge on any atom is 0.252 e. The number of carbonyl (C=O) groups is 2. The zero-order chi connectivity index (χ0) is 21.3. The second kappa shape index (κ2) is 7.74. The molecule has 0 fully saturated rings. The Morgan fingerprint density at radius 3 is 2.52 bits per heavy atom. The molecule has 0 saturated carbocycles. The number of nitrogens with two attached hydrogens (primary N) is 1. The predicted molar refractivity (Wildman–Crippen MR) is 100 cm³/mol. The van der Waals surface area contributed by atoms with Crippen LogP contribution in [0.15, 0.2) is 29.3 Å². The number of H-pyrrole nitrogens is 1. The van der Waals surface area contributed by atoms with Gasteiger partial charge in [-0.3, -0.25) is 14.4 Å². The summed E-state index contributed by atoms with van der Waals surface area (Å²) in [6.07, 6.45) is 2.13. The van der Waals surface area contributed by atoms with Gasteiger partial charge in [0.05, 0.1) is 23.5 Å². The van der Waals surface area contributed by atoms with Gasteiger partial charge in [0.2, 0.25) is 5.91 Å². The Labute approximate surface area is 163 Å². The van der Waals surface area contributed by atoms with E-state index in [1.807, 2.05) is 0 Å². The lowest BCUT2D eigenvalue weighted by molar-refractivity contribution is -0.121. The monoisotopic (exact) mass is 401 g/mol. The summed E-state index contributed by atoms with van der Waals surface area (Å²) in [6, 6.07) is 1.56. The topological polar surface area (TPSA) is 131 Å². The molecule has 2 amide bonds. The summed E-state index contributed by atoms with van der Waals surface area (Å²) >= 11 is 0. The first kappa shape index (κ1) is 20.1. The van der Waals surface area contributed by atoms with Crippen LogP contribution in [0, 0.1) is 18.6 Å². The molecule has 1 atom stereocenters. The number of nitrogens with zero attached hydrogens (tertiary/aromatic N) is 2. The van der Waals surface area contributed by atoms with Crippen molar-refractivity contribution in [2.45, 2.75) is 26.3 Å². The third kappa shape index (κ3) is 3.96. The molecular weight excluding hydrogens is 384 g/mol. The van der Waals surface area contributed by atoms with E-state index in [0.29, 0.717) is 0 Å². The lowest BCUT2D eigenvalue weighted by Gasteiger charge is -2.14. The number of amides is 2. The van der Waals surface area contributed by atoms with Crippen molar-refractivity contribution in [3.63, 3.8) is 0 Å². The van der Waals surface area contributed by atoms with Gasteiger partial charge in [0, 0.05) is 23.3 Å². The number of benzene rings is 1. The van der Waals surface area contributed by atoms with E-state index >= 15 is 0 Å². The van der Waals surface area contributed by atoms with Gasteiger partial charge >= 0.3 is 0 Å². The van der Waals surface area contributed by atoms with Gasteiger partial charge in [0.1, 0.15) is 5.82 Å². The van der Waals surface area contributed by atoms with Crippen molar-refractivity contribution in [1.82, 2.24) is 20.3 Å². The molecule has 3 aromatic rings. The second-order valence-corrected chi connectivity index (χ2v) is 6.50. The molecule has 0 unspecified atom stereocenters. The Balaban J connectivity index is 1.83. The molecule has 0 aliphatic heterocycles. The molecule has 1 aromatic carbocycles. The van der Waals surface area contributed by atoms with Gasteiger partial charge in [0.15, 0.2) is 11.6 Å². The van der Waals surface area contributed by atoms with Gasteiger partial charge in [-0.25, -0.2) is 18.7 Å². The van der Waals surface area contributed by atoms with Crippen LogP contribution in [-0.4, -0.2) is 26.8 Å². The molecule has 150 valence electrons. The van der Waals surface area contributed by atoms with Crippen LogP contribution in [0.4, 0.5) is 8.78 Å². The van der Waals surface area contributed by atoms with Crippen LogP contribution in [0.5, 0.6) is 0 Å². The number of hydrogen-bond acceptors (Lipinski definition) is 5. The van der Waals surface area contributed by atoms with Gasteiger partial charge in [0.25, 0.3) is 11.5 Å². The van der Waals surface area contributed by atoms with Gasteiger partial charge in [-0.2, -0.15) is 0 Å². The summed E-state index contributed by atoms with van der Waals surface area (Å²) in [5, 5.41) is 2.54. The first-order chi connectivity index (χ1) is 13.7. The molecular formula is C19H17F2N5O3. The third-order valence-corrected chi connectivity index (χ3v) is 4.50. The average molecular weight is 401 g/mol. The highest BCUT2D eigenvalue weighted by Gasteiger charge is 2.19. The van der Waals surface area contributed by atoms with Crippen LogP contribution < -0.4 is 16.6 Å². The fraction of sp³-hybridized carbons (Fsp3) is 0.211. The standard InChI is InChI=1S/C19H17F2N5O3/c1-8-11(19(29)26-13-4-3-12(20)16(21)15(8)13)5-14(27)25-9(2)18-23-6-10(7-24-18)17(22)28/h3-4,6-7,9H,5H2,1-2H3,(H2,22,28)(H,25,27)(H,26,29)/t9-/m1/s1. The number of nitrogens with one attached hydrogen (secondary N) is 2. The Morgan fingerprint density at radius 1 is 1.24 bits per heavy atom. The summed E-state index contributed by atoms with van der Waals surface area (Å²) in [5.74, 6) is -3.11. The Kier molecular flexibility index (Phi) is 5.35. The maximum absolute atomic E-state index is 14.2. The zero-order valence-corrected chi connectivity index (χ0v) is 15.5. The summed E-state index contributed by atoms with van der Waals surface area (Å²) in [7, 11) is 0. The Bertz CT molecular complexity index is 1180. The number of aromatic nitrogens is 3. The number of primary amides is 1. The van der Waals surface area contributed by atoms with Gasteiger partial charge in [-0.1, -0.05) is 0 Å². The molecule has 0 saturated heterocycles. The molecule has 4 N–H and O–H groups in total. The highest BCUT2D eigenvalue weighted by atomic mass is 19.2. The smallest absolute Gasteiger partial charge is 0.252 e. The average Bonchev–Trinajstić information content (AvgIpc) is 2.67. The fourth-order valence-electron chi connectivity index (χ4n) is 2.96. The number of pyridine rings is 1. The van der Waals surface area contributed by atoms with E-state index in [1.165, 1.54) is 25.4 Å².